The van der Waals surface area contributed by atoms with E-state index in [1.54, 1.807) is 23.9 Å². The number of nitrogens with zero attached hydrogens (tertiary/aromatic N) is 3. The van der Waals surface area contributed by atoms with Crippen LogP contribution in [-0.2, 0) is 0 Å². The Morgan fingerprint density at radius 3 is 3.07 bits per heavy atom. The molecule has 1 aliphatic heterocycles. The lowest BCUT2D eigenvalue weighted by atomic mass is 10.3. The summed E-state index contributed by atoms with van der Waals surface area (Å²) < 4.78 is 0. The molecule has 1 aliphatic rings. The second kappa shape index (κ2) is 4.51. The van der Waals surface area contributed by atoms with E-state index >= 15 is 0 Å². The van der Waals surface area contributed by atoms with Crippen LogP contribution in [-0.4, -0.2) is 34.4 Å². The molecule has 1 atom stereocenters. The smallest absolute Gasteiger partial charge is 0.137 e. The summed E-state index contributed by atoms with van der Waals surface area (Å²) in [6.45, 7) is 0.796. The largest absolute Gasteiger partial charge is 0.373 e. The lowest BCUT2D eigenvalue weighted by molar-refractivity contribution is 0.191. The van der Waals surface area contributed by atoms with Crippen molar-refractivity contribution in [2.45, 2.75) is 6.23 Å². The second-order valence-corrected chi connectivity index (χ2v) is 4.42. The van der Waals surface area contributed by atoms with Crippen molar-refractivity contribution in [1.29, 1.82) is 5.26 Å². The van der Waals surface area contributed by atoms with Crippen LogP contribution in [0.1, 0.15) is 5.56 Å². The Morgan fingerprint density at radius 1 is 1.60 bits per heavy atom. The van der Waals surface area contributed by atoms with Gasteiger partial charge in [-0.3, -0.25) is 0 Å². The van der Waals surface area contributed by atoms with Crippen LogP contribution in [0.15, 0.2) is 18.3 Å². The van der Waals surface area contributed by atoms with Crippen LogP contribution in [0.4, 0.5) is 5.82 Å². The van der Waals surface area contributed by atoms with Gasteiger partial charge < -0.3 is 10.0 Å². The van der Waals surface area contributed by atoms with Crippen LogP contribution in [0, 0.1) is 11.3 Å². The zero-order valence-corrected chi connectivity index (χ0v) is 8.94. The summed E-state index contributed by atoms with van der Waals surface area (Å²) in [6.07, 6.45) is 1.06. The zero-order chi connectivity index (χ0) is 10.7. The quantitative estimate of drug-likeness (QED) is 0.761. The number of rotatable bonds is 1. The molecule has 1 fully saturated rings. The Hall–Kier alpha value is -1.25. The van der Waals surface area contributed by atoms with Crippen LogP contribution in [0.25, 0.3) is 0 Å². The van der Waals surface area contributed by atoms with Crippen molar-refractivity contribution in [3.05, 3.63) is 23.9 Å². The van der Waals surface area contributed by atoms with Gasteiger partial charge >= 0.3 is 0 Å². The predicted octanol–water partition coefficient (Wildman–Crippen LogP) is 0.825. The van der Waals surface area contributed by atoms with Crippen molar-refractivity contribution in [3.8, 4) is 6.07 Å². The molecule has 1 saturated heterocycles. The molecule has 1 unspecified atom stereocenters. The highest BCUT2D eigenvalue weighted by Gasteiger charge is 2.21. The van der Waals surface area contributed by atoms with Crippen molar-refractivity contribution < 1.29 is 5.11 Å². The fraction of sp³-hybridized carbons (Fsp3) is 0.400. The molecule has 0 amide bonds. The number of pyridine rings is 1. The molecule has 15 heavy (non-hydrogen) atoms. The number of hydrogen-bond acceptors (Lipinski definition) is 5. The Kier molecular flexibility index (Phi) is 3.09. The first kappa shape index (κ1) is 10.3. The maximum Gasteiger partial charge on any atom is 0.137 e. The minimum Gasteiger partial charge on any atom is -0.373 e. The monoisotopic (exact) mass is 221 g/mol. The van der Waals surface area contributed by atoms with E-state index in [2.05, 4.69) is 4.98 Å². The second-order valence-electron chi connectivity index (χ2n) is 3.27. The van der Waals surface area contributed by atoms with E-state index in [0.717, 1.165) is 18.1 Å². The Balaban J connectivity index is 2.18. The Bertz CT molecular complexity index is 373. The van der Waals surface area contributed by atoms with E-state index in [-0.39, 0.29) is 0 Å². The van der Waals surface area contributed by atoms with Gasteiger partial charge in [-0.25, -0.2) is 4.98 Å². The molecule has 2 heterocycles. The van der Waals surface area contributed by atoms with E-state index < -0.39 is 6.23 Å². The van der Waals surface area contributed by atoms with Crippen molar-refractivity contribution in [1.82, 2.24) is 4.98 Å². The number of nitriles is 1. The van der Waals surface area contributed by atoms with Gasteiger partial charge in [0.2, 0.25) is 0 Å². The molecule has 5 heteroatoms. The molecule has 0 aliphatic carbocycles. The molecule has 2 rings (SSSR count). The van der Waals surface area contributed by atoms with E-state index in [1.807, 2.05) is 11.0 Å². The van der Waals surface area contributed by atoms with Crippen LogP contribution in [0.5, 0.6) is 0 Å². The van der Waals surface area contributed by atoms with E-state index in [4.69, 9.17) is 5.26 Å². The van der Waals surface area contributed by atoms with Gasteiger partial charge in [0, 0.05) is 24.2 Å². The Morgan fingerprint density at radius 2 is 2.47 bits per heavy atom. The van der Waals surface area contributed by atoms with Crippen LogP contribution >= 0.6 is 11.8 Å². The number of aliphatic hydroxyl groups is 1. The molecule has 1 aromatic rings. The predicted molar refractivity (Wildman–Crippen MR) is 59.6 cm³/mol. The summed E-state index contributed by atoms with van der Waals surface area (Å²) in [5, 5.41) is 18.4. The maximum atomic E-state index is 9.75. The SMILES string of the molecule is N#Cc1ccc(N2CCSCC2O)nc1. The number of thioether (sulfide) groups is 1. The minimum atomic E-state index is -0.468. The average Bonchev–Trinajstić information content (AvgIpc) is 2.30. The molecule has 1 aromatic heterocycles. The van der Waals surface area contributed by atoms with E-state index in [1.165, 1.54) is 6.20 Å². The van der Waals surface area contributed by atoms with Crippen LogP contribution in [0.2, 0.25) is 0 Å². The normalized spacial score (nSPS) is 21.1. The molecule has 0 bridgehead atoms. The molecule has 0 saturated carbocycles. The Labute approximate surface area is 92.5 Å². The van der Waals surface area contributed by atoms with Gasteiger partial charge in [0.25, 0.3) is 0 Å². The number of hydrogen-bond donors (Lipinski definition) is 1. The third-order valence-electron chi connectivity index (χ3n) is 2.27. The summed E-state index contributed by atoms with van der Waals surface area (Å²) in [5.74, 6) is 2.45. The van der Waals surface area contributed by atoms with Gasteiger partial charge in [0.1, 0.15) is 18.1 Å². The number of anilines is 1. The fourth-order valence-corrected chi connectivity index (χ4v) is 2.36. The molecule has 0 radical (unpaired) electrons. The molecule has 1 N–H and O–H groups in total. The van der Waals surface area contributed by atoms with Crippen LogP contribution < -0.4 is 4.90 Å². The number of aromatic nitrogens is 1. The van der Waals surface area contributed by atoms with E-state index in [0.29, 0.717) is 11.3 Å². The first-order valence-electron chi connectivity index (χ1n) is 4.70. The lowest BCUT2D eigenvalue weighted by Crippen LogP contribution is -2.42. The highest BCUT2D eigenvalue weighted by molar-refractivity contribution is 7.99. The van der Waals surface area contributed by atoms with Crippen molar-refractivity contribution in [2.75, 3.05) is 23.0 Å². The topological polar surface area (TPSA) is 60.2 Å². The van der Waals surface area contributed by atoms with E-state index in [9.17, 15) is 5.11 Å². The minimum absolute atomic E-state index is 0.468. The lowest BCUT2D eigenvalue weighted by Gasteiger charge is -2.32. The molecule has 0 spiro atoms. The summed E-state index contributed by atoms with van der Waals surface area (Å²) in [5.41, 5.74) is 0.541. The third-order valence-corrected chi connectivity index (χ3v) is 3.28. The van der Waals surface area contributed by atoms with Crippen molar-refractivity contribution >= 4 is 17.6 Å². The first-order chi connectivity index (χ1) is 7.31. The summed E-state index contributed by atoms with van der Waals surface area (Å²) >= 11 is 1.74. The average molecular weight is 221 g/mol. The van der Waals surface area contributed by atoms with Gasteiger partial charge in [-0.05, 0) is 12.1 Å². The van der Waals surface area contributed by atoms with Gasteiger partial charge in [-0.2, -0.15) is 17.0 Å². The van der Waals surface area contributed by atoms with Gasteiger partial charge in [-0.15, -0.1) is 0 Å². The molecule has 78 valence electrons. The van der Waals surface area contributed by atoms with Crippen molar-refractivity contribution in [2.24, 2.45) is 0 Å². The summed E-state index contributed by atoms with van der Waals surface area (Å²) in [6, 6.07) is 5.52. The van der Waals surface area contributed by atoms with Crippen LogP contribution in [0.3, 0.4) is 0 Å². The molecular formula is C10H11N3OS. The maximum absolute atomic E-state index is 9.75. The highest BCUT2D eigenvalue weighted by Crippen LogP contribution is 2.20. The molecule has 0 aromatic carbocycles. The molecule has 4 nitrogen and oxygen atoms in total. The molecular weight excluding hydrogens is 210 g/mol. The fourth-order valence-electron chi connectivity index (χ4n) is 1.48. The number of aliphatic hydroxyl groups excluding tert-OH is 1. The summed E-state index contributed by atoms with van der Waals surface area (Å²) in [7, 11) is 0. The third kappa shape index (κ3) is 2.22. The summed E-state index contributed by atoms with van der Waals surface area (Å²) in [4.78, 5) is 6.02. The standard InChI is InChI=1S/C10H11N3OS/c11-5-8-1-2-9(12-6-8)13-3-4-15-7-10(13)14/h1-2,6,10,14H,3-4,7H2. The van der Waals surface area contributed by atoms with Crippen molar-refractivity contribution in [3.63, 3.8) is 0 Å². The first-order valence-corrected chi connectivity index (χ1v) is 5.85. The highest BCUT2D eigenvalue weighted by atomic mass is 32.2. The zero-order valence-electron chi connectivity index (χ0n) is 8.13. The van der Waals surface area contributed by atoms with Gasteiger partial charge in [0.15, 0.2) is 0 Å². The van der Waals surface area contributed by atoms with Gasteiger partial charge in [0.05, 0.1) is 5.56 Å². The van der Waals surface area contributed by atoms with Gasteiger partial charge in [-0.1, -0.05) is 0 Å².